The lowest BCUT2D eigenvalue weighted by Crippen LogP contribution is -2.37. The van der Waals surface area contributed by atoms with E-state index in [0.29, 0.717) is 30.0 Å². The molecule has 0 aliphatic carbocycles. The predicted octanol–water partition coefficient (Wildman–Crippen LogP) is -0.487. The predicted molar refractivity (Wildman–Crippen MR) is 80.2 cm³/mol. The molecule has 9 heteroatoms. The van der Waals surface area contributed by atoms with Gasteiger partial charge in [-0.2, -0.15) is 0 Å². The van der Waals surface area contributed by atoms with Gasteiger partial charge in [-0.05, 0) is 6.92 Å². The third kappa shape index (κ3) is 2.38. The molecule has 2 rings (SSSR count). The van der Waals surface area contributed by atoms with Crippen molar-refractivity contribution in [1.82, 2.24) is 23.6 Å². The van der Waals surface area contributed by atoms with Crippen molar-refractivity contribution in [3.63, 3.8) is 0 Å². The largest absolute Gasteiger partial charge is 0.465 e. The zero-order valence-electron chi connectivity index (χ0n) is 13.0. The molecule has 22 heavy (non-hydrogen) atoms. The zero-order valence-corrected chi connectivity index (χ0v) is 13.0. The van der Waals surface area contributed by atoms with Crippen molar-refractivity contribution < 1.29 is 9.90 Å². The van der Waals surface area contributed by atoms with Gasteiger partial charge in [-0.3, -0.25) is 13.9 Å². The van der Waals surface area contributed by atoms with Crippen LogP contribution in [0, 0.1) is 0 Å². The van der Waals surface area contributed by atoms with Crippen LogP contribution in [0.2, 0.25) is 0 Å². The minimum Gasteiger partial charge on any atom is -0.465 e. The van der Waals surface area contributed by atoms with Crippen molar-refractivity contribution in [2.45, 2.75) is 13.3 Å². The van der Waals surface area contributed by atoms with Crippen molar-refractivity contribution in [3.05, 3.63) is 26.7 Å². The Bertz CT molecular complexity index is 845. The molecule has 0 fully saturated rings. The number of carboxylic acid groups (broad SMARTS) is 1. The minimum absolute atomic E-state index is 0.275. The minimum atomic E-state index is -0.996. The van der Waals surface area contributed by atoms with Gasteiger partial charge in [0, 0.05) is 40.7 Å². The highest BCUT2D eigenvalue weighted by Crippen LogP contribution is 2.10. The summed E-state index contributed by atoms with van der Waals surface area (Å²) < 4.78 is 3.96. The Hall–Kier alpha value is -2.58. The van der Waals surface area contributed by atoms with Crippen LogP contribution in [0.3, 0.4) is 0 Å². The summed E-state index contributed by atoms with van der Waals surface area (Å²) in [6, 6.07) is 0. The first kappa shape index (κ1) is 15.8. The van der Waals surface area contributed by atoms with Crippen molar-refractivity contribution >= 4 is 17.3 Å². The van der Waals surface area contributed by atoms with E-state index in [-0.39, 0.29) is 6.54 Å². The fourth-order valence-corrected chi connectivity index (χ4v) is 2.41. The number of imidazole rings is 1. The lowest BCUT2D eigenvalue weighted by molar-refractivity contribution is 0.148. The van der Waals surface area contributed by atoms with Gasteiger partial charge in [0.15, 0.2) is 11.2 Å². The van der Waals surface area contributed by atoms with Gasteiger partial charge < -0.3 is 14.6 Å². The maximum atomic E-state index is 12.2. The number of aromatic nitrogens is 4. The normalized spacial score (nSPS) is 11.1. The topological polar surface area (TPSA) is 102 Å². The van der Waals surface area contributed by atoms with E-state index in [0.717, 1.165) is 4.57 Å². The number of carbonyl (C=O) groups is 1. The van der Waals surface area contributed by atoms with E-state index < -0.39 is 17.3 Å². The van der Waals surface area contributed by atoms with Crippen LogP contribution in [0.1, 0.15) is 12.7 Å². The summed E-state index contributed by atoms with van der Waals surface area (Å²) in [5, 5.41) is 9.02. The van der Waals surface area contributed by atoms with Crippen LogP contribution in [0.5, 0.6) is 0 Å². The Balaban J connectivity index is 2.50. The molecule has 2 heterocycles. The van der Waals surface area contributed by atoms with E-state index >= 15 is 0 Å². The first-order valence-electron chi connectivity index (χ1n) is 6.88. The summed E-state index contributed by atoms with van der Waals surface area (Å²) in [5.74, 6) is 0.563. The number of likely N-dealkylation sites (N-methyl/N-ethyl adjacent to an activating group) is 1. The van der Waals surface area contributed by atoms with Gasteiger partial charge in [-0.15, -0.1) is 0 Å². The van der Waals surface area contributed by atoms with Crippen LogP contribution < -0.4 is 11.2 Å². The molecule has 0 radical (unpaired) electrons. The van der Waals surface area contributed by atoms with Crippen molar-refractivity contribution in [3.8, 4) is 0 Å². The molecule has 0 bridgehead atoms. The molecule has 0 saturated carbocycles. The Morgan fingerprint density at radius 2 is 1.82 bits per heavy atom. The van der Waals surface area contributed by atoms with Gasteiger partial charge in [-0.25, -0.2) is 14.6 Å². The molecule has 0 spiro atoms. The lowest BCUT2D eigenvalue weighted by atomic mass is 10.3. The summed E-state index contributed by atoms with van der Waals surface area (Å²) in [4.78, 5) is 40.7. The van der Waals surface area contributed by atoms with Gasteiger partial charge >= 0.3 is 11.8 Å². The molecular weight excluding hydrogens is 290 g/mol. The maximum Gasteiger partial charge on any atom is 0.407 e. The Kier molecular flexibility index (Phi) is 4.07. The van der Waals surface area contributed by atoms with Crippen LogP contribution in [-0.2, 0) is 27.6 Å². The van der Waals surface area contributed by atoms with Crippen molar-refractivity contribution in [1.29, 1.82) is 0 Å². The Morgan fingerprint density at radius 3 is 2.36 bits per heavy atom. The monoisotopic (exact) mass is 309 g/mol. The highest BCUT2D eigenvalue weighted by molar-refractivity contribution is 5.71. The third-order valence-corrected chi connectivity index (χ3v) is 3.83. The summed E-state index contributed by atoms with van der Waals surface area (Å²) in [6.45, 7) is 2.40. The van der Waals surface area contributed by atoms with Crippen LogP contribution in [0.4, 0.5) is 4.79 Å². The van der Waals surface area contributed by atoms with Crippen LogP contribution in [0.15, 0.2) is 9.59 Å². The van der Waals surface area contributed by atoms with Crippen molar-refractivity contribution in [2.24, 2.45) is 21.1 Å². The van der Waals surface area contributed by atoms with Gasteiger partial charge in [0.2, 0.25) is 0 Å². The van der Waals surface area contributed by atoms with Crippen molar-refractivity contribution in [2.75, 3.05) is 13.1 Å². The molecule has 120 valence electrons. The number of amides is 1. The van der Waals surface area contributed by atoms with Gasteiger partial charge in [0.1, 0.15) is 5.82 Å². The fraction of sp³-hybridized carbons (Fsp3) is 0.538. The van der Waals surface area contributed by atoms with E-state index in [1.54, 1.807) is 25.6 Å². The smallest absolute Gasteiger partial charge is 0.407 e. The summed E-state index contributed by atoms with van der Waals surface area (Å²) in [7, 11) is 4.66. The lowest BCUT2D eigenvalue weighted by Gasteiger charge is -2.16. The van der Waals surface area contributed by atoms with E-state index in [2.05, 4.69) is 4.98 Å². The van der Waals surface area contributed by atoms with Gasteiger partial charge in [0.05, 0.1) is 0 Å². The molecule has 0 aliphatic heterocycles. The zero-order chi connectivity index (χ0) is 16.6. The van der Waals surface area contributed by atoms with Crippen LogP contribution >= 0.6 is 0 Å². The first-order valence-corrected chi connectivity index (χ1v) is 6.88. The number of rotatable bonds is 4. The molecule has 9 nitrogen and oxygen atoms in total. The van der Waals surface area contributed by atoms with Gasteiger partial charge in [-0.1, -0.05) is 0 Å². The quantitative estimate of drug-likeness (QED) is 0.821. The van der Waals surface area contributed by atoms with E-state index in [1.807, 2.05) is 0 Å². The molecule has 1 amide bonds. The third-order valence-electron chi connectivity index (χ3n) is 3.83. The molecule has 2 aromatic rings. The van der Waals surface area contributed by atoms with Gasteiger partial charge in [0.25, 0.3) is 5.56 Å². The second kappa shape index (κ2) is 5.66. The SMILES string of the molecule is CCN(CCc1nc2c(c(=O)n(C)c(=O)n2C)n1C)C(=O)O. The summed E-state index contributed by atoms with van der Waals surface area (Å²) in [6.07, 6.45) is -0.632. The first-order chi connectivity index (χ1) is 10.3. The number of nitrogens with zero attached hydrogens (tertiary/aromatic N) is 5. The molecule has 0 saturated heterocycles. The maximum absolute atomic E-state index is 12.2. The van der Waals surface area contributed by atoms with Crippen LogP contribution in [0.25, 0.3) is 11.2 Å². The second-order valence-corrected chi connectivity index (χ2v) is 5.08. The van der Waals surface area contributed by atoms with E-state index in [1.165, 1.54) is 16.5 Å². The molecule has 0 atom stereocenters. The molecule has 0 unspecified atom stereocenters. The van der Waals surface area contributed by atoms with E-state index in [9.17, 15) is 14.4 Å². The molecule has 2 aromatic heterocycles. The molecule has 1 N–H and O–H groups in total. The second-order valence-electron chi connectivity index (χ2n) is 5.08. The number of fused-ring (bicyclic) bond motifs is 1. The standard InChI is InChI=1S/C13H19N5O4/c1-5-18(13(21)22)7-6-8-14-10-9(15(8)2)11(19)17(4)12(20)16(10)3/h5-7H2,1-4H3,(H,21,22). The van der Waals surface area contributed by atoms with E-state index in [4.69, 9.17) is 5.11 Å². The number of hydrogen-bond acceptors (Lipinski definition) is 4. The fourth-order valence-electron chi connectivity index (χ4n) is 2.41. The number of aryl methyl sites for hydroxylation is 2. The molecular formula is C13H19N5O4. The Labute approximate surface area is 126 Å². The summed E-state index contributed by atoms with van der Waals surface area (Å²) >= 11 is 0. The Morgan fingerprint density at radius 1 is 1.18 bits per heavy atom. The number of hydrogen-bond donors (Lipinski definition) is 1. The summed E-state index contributed by atoms with van der Waals surface area (Å²) in [5.41, 5.74) is -0.213. The van der Waals surface area contributed by atoms with Crippen LogP contribution in [-0.4, -0.2) is 47.9 Å². The highest BCUT2D eigenvalue weighted by atomic mass is 16.4. The molecule has 0 aromatic carbocycles. The average Bonchev–Trinajstić information content (AvgIpc) is 2.80. The molecule has 0 aliphatic rings. The highest BCUT2D eigenvalue weighted by Gasteiger charge is 2.18. The average molecular weight is 309 g/mol.